The van der Waals surface area contributed by atoms with Gasteiger partial charge in [0.15, 0.2) is 0 Å². The Hall–Kier alpha value is -1.92. The number of aromatic nitrogens is 3. The minimum atomic E-state index is -0.248. The number of hydrogen-bond acceptors (Lipinski definition) is 5. The van der Waals surface area contributed by atoms with Crippen molar-refractivity contribution < 1.29 is 5.11 Å². The fourth-order valence-corrected chi connectivity index (χ4v) is 3.62. The summed E-state index contributed by atoms with van der Waals surface area (Å²) < 4.78 is 2.05. The van der Waals surface area contributed by atoms with Gasteiger partial charge in [-0.15, -0.1) is 0 Å². The predicted molar refractivity (Wildman–Crippen MR) is 99.6 cm³/mol. The summed E-state index contributed by atoms with van der Waals surface area (Å²) in [6, 6.07) is 4.10. The maximum Gasteiger partial charge on any atom is 0.133 e. The van der Waals surface area contributed by atoms with Gasteiger partial charge in [-0.25, -0.2) is 4.98 Å². The molecule has 136 valence electrons. The van der Waals surface area contributed by atoms with Crippen molar-refractivity contribution in [2.75, 3.05) is 18.0 Å². The zero-order valence-electron chi connectivity index (χ0n) is 15.5. The Labute approximate surface area is 149 Å². The number of nitrogens with zero attached hydrogens (tertiary/aromatic N) is 4. The van der Waals surface area contributed by atoms with Crippen molar-refractivity contribution in [2.45, 2.75) is 59.4 Å². The topological polar surface area (TPSA) is 66.2 Å². The predicted octanol–water partition coefficient (Wildman–Crippen LogP) is 2.17. The quantitative estimate of drug-likeness (QED) is 0.841. The van der Waals surface area contributed by atoms with E-state index in [0.717, 1.165) is 50.5 Å². The van der Waals surface area contributed by atoms with Crippen LogP contribution in [0.4, 0.5) is 5.82 Å². The summed E-state index contributed by atoms with van der Waals surface area (Å²) in [4.78, 5) is 6.78. The van der Waals surface area contributed by atoms with Gasteiger partial charge in [0.25, 0.3) is 0 Å². The van der Waals surface area contributed by atoms with Crippen LogP contribution in [0.1, 0.15) is 42.3 Å². The second-order valence-corrected chi connectivity index (χ2v) is 6.80. The molecule has 3 heterocycles. The van der Waals surface area contributed by atoms with Gasteiger partial charge in [0, 0.05) is 55.7 Å². The number of aliphatic hydroxyl groups excluding tert-OH is 1. The number of piperidine rings is 1. The van der Waals surface area contributed by atoms with Crippen LogP contribution in [0.15, 0.2) is 18.3 Å². The van der Waals surface area contributed by atoms with Gasteiger partial charge in [-0.2, -0.15) is 5.10 Å². The normalized spacial score (nSPS) is 17.9. The number of rotatable bonds is 6. The number of hydrogen-bond donors (Lipinski definition) is 2. The summed E-state index contributed by atoms with van der Waals surface area (Å²) in [7, 11) is 0. The molecule has 0 aromatic carbocycles. The van der Waals surface area contributed by atoms with Gasteiger partial charge in [-0.1, -0.05) is 6.07 Å². The number of anilines is 1. The third kappa shape index (κ3) is 4.02. The molecule has 25 heavy (non-hydrogen) atoms. The van der Waals surface area contributed by atoms with E-state index in [-0.39, 0.29) is 6.10 Å². The Morgan fingerprint density at radius 2 is 2.16 bits per heavy atom. The van der Waals surface area contributed by atoms with E-state index in [1.165, 1.54) is 16.8 Å². The molecular weight excluding hydrogens is 314 g/mol. The minimum Gasteiger partial charge on any atom is -0.391 e. The highest BCUT2D eigenvalue weighted by Gasteiger charge is 2.20. The van der Waals surface area contributed by atoms with Crippen LogP contribution >= 0.6 is 0 Å². The number of nitrogens with one attached hydrogen (secondary N) is 1. The van der Waals surface area contributed by atoms with Crippen LogP contribution in [-0.2, 0) is 19.6 Å². The van der Waals surface area contributed by atoms with Crippen molar-refractivity contribution in [3.05, 3.63) is 40.8 Å². The smallest absolute Gasteiger partial charge is 0.133 e. The fraction of sp³-hybridized carbons (Fsp3) is 0.579. The molecule has 0 spiro atoms. The monoisotopic (exact) mass is 343 g/mol. The largest absolute Gasteiger partial charge is 0.391 e. The zero-order valence-corrected chi connectivity index (χ0v) is 15.5. The van der Waals surface area contributed by atoms with Crippen LogP contribution in [0.25, 0.3) is 0 Å². The van der Waals surface area contributed by atoms with Crippen LogP contribution in [-0.4, -0.2) is 39.1 Å². The van der Waals surface area contributed by atoms with Crippen molar-refractivity contribution in [2.24, 2.45) is 0 Å². The van der Waals surface area contributed by atoms with E-state index >= 15 is 0 Å². The van der Waals surface area contributed by atoms with E-state index in [1.54, 1.807) is 0 Å². The van der Waals surface area contributed by atoms with E-state index in [2.05, 4.69) is 51.8 Å². The Bertz CT molecular complexity index is 712. The molecule has 6 heteroatoms. The van der Waals surface area contributed by atoms with Crippen molar-refractivity contribution in [3.8, 4) is 0 Å². The highest BCUT2D eigenvalue weighted by Crippen LogP contribution is 2.22. The van der Waals surface area contributed by atoms with Gasteiger partial charge < -0.3 is 15.3 Å². The summed E-state index contributed by atoms with van der Waals surface area (Å²) in [5.41, 5.74) is 4.78. The van der Waals surface area contributed by atoms with Gasteiger partial charge in [0.1, 0.15) is 5.82 Å². The molecule has 0 bridgehead atoms. The maximum absolute atomic E-state index is 9.95. The van der Waals surface area contributed by atoms with Crippen LogP contribution < -0.4 is 10.2 Å². The highest BCUT2D eigenvalue weighted by atomic mass is 16.3. The van der Waals surface area contributed by atoms with E-state index in [1.807, 2.05) is 12.3 Å². The van der Waals surface area contributed by atoms with E-state index in [9.17, 15) is 5.11 Å². The van der Waals surface area contributed by atoms with Gasteiger partial charge in [-0.05, 0) is 39.7 Å². The van der Waals surface area contributed by atoms with Gasteiger partial charge >= 0.3 is 0 Å². The fourth-order valence-electron chi connectivity index (χ4n) is 3.62. The first-order valence-electron chi connectivity index (χ1n) is 9.20. The van der Waals surface area contributed by atoms with Crippen molar-refractivity contribution in [1.29, 1.82) is 0 Å². The van der Waals surface area contributed by atoms with E-state index in [4.69, 9.17) is 0 Å². The molecule has 2 aromatic heterocycles. The van der Waals surface area contributed by atoms with Crippen molar-refractivity contribution in [1.82, 2.24) is 20.1 Å². The first kappa shape index (κ1) is 17.9. The van der Waals surface area contributed by atoms with E-state index < -0.39 is 0 Å². The molecule has 1 saturated heterocycles. The second kappa shape index (κ2) is 7.97. The average molecular weight is 343 g/mol. The lowest BCUT2D eigenvalue weighted by molar-refractivity contribution is 0.154. The third-order valence-corrected chi connectivity index (χ3v) is 5.01. The van der Waals surface area contributed by atoms with Crippen LogP contribution in [0.5, 0.6) is 0 Å². The van der Waals surface area contributed by atoms with Gasteiger partial charge in [0.2, 0.25) is 0 Å². The summed E-state index contributed by atoms with van der Waals surface area (Å²) >= 11 is 0. The molecule has 3 rings (SSSR count). The van der Waals surface area contributed by atoms with Crippen LogP contribution in [0, 0.1) is 13.8 Å². The molecule has 0 saturated carbocycles. The number of β-amino-alcohol motifs (C(OH)–C–C–N with tert-alkyl or cyclic N) is 1. The molecule has 1 atom stereocenters. The molecule has 1 fully saturated rings. The number of aryl methyl sites for hydroxylation is 2. The third-order valence-electron chi connectivity index (χ3n) is 5.01. The zero-order chi connectivity index (χ0) is 17.8. The molecule has 2 aromatic rings. The average Bonchev–Trinajstić information content (AvgIpc) is 2.89. The summed E-state index contributed by atoms with van der Waals surface area (Å²) in [5, 5.41) is 18.1. The first-order valence-corrected chi connectivity index (χ1v) is 9.20. The van der Waals surface area contributed by atoms with E-state index in [0.29, 0.717) is 6.54 Å². The molecule has 0 amide bonds. The lowest BCUT2D eigenvalue weighted by Gasteiger charge is -2.32. The standard InChI is InChI=1S/C19H29N5O/c1-4-24-15(3)18(14(2)22-24)12-20-11-16-7-5-9-21-19(16)23-10-6-8-17(25)13-23/h5,7,9,17,20,25H,4,6,8,10-13H2,1-3H3. The second-order valence-electron chi connectivity index (χ2n) is 6.80. The Morgan fingerprint density at radius 3 is 2.88 bits per heavy atom. The molecule has 1 aliphatic rings. The van der Waals surface area contributed by atoms with Crippen molar-refractivity contribution in [3.63, 3.8) is 0 Å². The molecule has 1 aliphatic heterocycles. The van der Waals surface area contributed by atoms with Gasteiger partial charge in [0.05, 0.1) is 11.8 Å². The van der Waals surface area contributed by atoms with Crippen LogP contribution in [0.2, 0.25) is 0 Å². The molecule has 0 radical (unpaired) electrons. The lowest BCUT2D eigenvalue weighted by atomic mass is 10.1. The van der Waals surface area contributed by atoms with Crippen molar-refractivity contribution >= 4 is 5.82 Å². The molecular formula is C19H29N5O. The summed E-state index contributed by atoms with van der Waals surface area (Å²) in [6.45, 7) is 10.4. The molecule has 0 aliphatic carbocycles. The summed E-state index contributed by atoms with van der Waals surface area (Å²) in [6.07, 6.45) is 3.48. The maximum atomic E-state index is 9.95. The highest BCUT2D eigenvalue weighted by molar-refractivity contribution is 5.47. The van der Waals surface area contributed by atoms with Gasteiger partial charge in [-0.3, -0.25) is 4.68 Å². The lowest BCUT2D eigenvalue weighted by Crippen LogP contribution is -2.39. The Morgan fingerprint density at radius 1 is 1.32 bits per heavy atom. The first-order chi connectivity index (χ1) is 12.1. The summed E-state index contributed by atoms with van der Waals surface area (Å²) in [5.74, 6) is 0.992. The Kier molecular flexibility index (Phi) is 5.71. The molecule has 6 nitrogen and oxygen atoms in total. The van der Waals surface area contributed by atoms with Crippen LogP contribution in [0.3, 0.4) is 0 Å². The Balaban J connectivity index is 1.67. The molecule has 1 unspecified atom stereocenters. The molecule has 2 N–H and O–H groups in total. The SMILES string of the molecule is CCn1nc(C)c(CNCc2cccnc2N2CCCC(O)C2)c1C. The number of pyridine rings is 1. The number of aliphatic hydroxyl groups is 1. The minimum absolute atomic E-state index is 0.248.